The highest BCUT2D eigenvalue weighted by atomic mass is 35.5. The van der Waals surface area contributed by atoms with Gasteiger partial charge in [0.15, 0.2) is 0 Å². The van der Waals surface area contributed by atoms with Crippen molar-refractivity contribution in [1.82, 2.24) is 4.98 Å². The molecule has 0 atom stereocenters. The summed E-state index contributed by atoms with van der Waals surface area (Å²) in [7, 11) is -3.96. The summed E-state index contributed by atoms with van der Waals surface area (Å²) in [5, 5.41) is 9.32. The molecule has 1 aromatic heterocycles. The maximum absolute atomic E-state index is 12.4. The molecule has 0 radical (unpaired) electrons. The molecule has 0 saturated heterocycles. The summed E-state index contributed by atoms with van der Waals surface area (Å²) in [5.41, 5.74) is 0.199. The summed E-state index contributed by atoms with van der Waals surface area (Å²) < 4.78 is 26.9. The van der Waals surface area contributed by atoms with Crippen LogP contribution in [0.2, 0.25) is 5.02 Å². The average Bonchev–Trinajstić information content (AvgIpc) is 2.41. The number of aromatic nitrogens is 1. The highest BCUT2D eigenvalue weighted by Crippen LogP contribution is 2.24. The minimum absolute atomic E-state index is 0.0183. The Kier molecular flexibility index (Phi) is 4.15. The monoisotopic (exact) mass is 326 g/mol. The molecule has 0 saturated carbocycles. The summed E-state index contributed by atoms with van der Waals surface area (Å²) in [6.07, 6.45) is 2.41. The Hall–Kier alpha value is -2.12. The topological polar surface area (TPSA) is 96.4 Å². The Morgan fingerprint density at radius 1 is 1.33 bits per heavy atom. The molecule has 6 nitrogen and oxygen atoms in total. The van der Waals surface area contributed by atoms with Crippen molar-refractivity contribution in [3.05, 3.63) is 52.8 Å². The highest BCUT2D eigenvalue weighted by molar-refractivity contribution is 7.92. The van der Waals surface area contributed by atoms with Crippen LogP contribution in [0.15, 0.2) is 41.6 Å². The number of carboxylic acid groups (broad SMARTS) is 1. The number of benzene rings is 1. The number of halogens is 1. The van der Waals surface area contributed by atoms with Crippen molar-refractivity contribution in [2.75, 3.05) is 4.72 Å². The van der Waals surface area contributed by atoms with E-state index in [9.17, 15) is 13.2 Å². The van der Waals surface area contributed by atoms with Gasteiger partial charge in [-0.15, -0.1) is 0 Å². The molecule has 110 valence electrons. The van der Waals surface area contributed by atoms with E-state index in [1.807, 2.05) is 0 Å². The molecule has 0 unspecified atom stereocenters. The van der Waals surface area contributed by atoms with Crippen LogP contribution in [0, 0.1) is 6.92 Å². The number of nitrogens with zero attached hydrogens (tertiary/aromatic N) is 1. The molecular formula is C13H11ClN2O4S. The van der Waals surface area contributed by atoms with Crippen LogP contribution in [0.25, 0.3) is 0 Å². The van der Waals surface area contributed by atoms with E-state index in [1.54, 1.807) is 19.1 Å². The van der Waals surface area contributed by atoms with Gasteiger partial charge in [-0.3, -0.25) is 9.71 Å². The number of aryl methyl sites for hydroxylation is 1. The number of rotatable bonds is 4. The van der Waals surface area contributed by atoms with E-state index < -0.39 is 16.0 Å². The third-order valence-corrected chi connectivity index (χ3v) is 4.48. The van der Waals surface area contributed by atoms with Gasteiger partial charge in [0.1, 0.15) is 0 Å². The predicted octanol–water partition coefficient (Wildman–Crippen LogP) is 2.54. The average molecular weight is 327 g/mol. The lowest BCUT2D eigenvalue weighted by Crippen LogP contribution is -2.16. The van der Waals surface area contributed by atoms with E-state index in [0.29, 0.717) is 5.56 Å². The van der Waals surface area contributed by atoms with Crippen LogP contribution < -0.4 is 4.72 Å². The number of sulfonamides is 1. The fourth-order valence-electron chi connectivity index (χ4n) is 1.73. The molecule has 1 aromatic carbocycles. The number of carboxylic acids is 1. The zero-order chi connectivity index (χ0) is 15.6. The molecular weight excluding hydrogens is 316 g/mol. The molecule has 2 rings (SSSR count). The molecule has 0 amide bonds. The van der Waals surface area contributed by atoms with Crippen molar-refractivity contribution in [3.8, 4) is 0 Å². The van der Waals surface area contributed by atoms with E-state index in [-0.39, 0.29) is 21.2 Å². The van der Waals surface area contributed by atoms with Crippen LogP contribution in [0.3, 0.4) is 0 Å². The summed E-state index contributed by atoms with van der Waals surface area (Å²) in [4.78, 5) is 14.8. The molecule has 0 spiro atoms. The van der Waals surface area contributed by atoms with Gasteiger partial charge < -0.3 is 5.11 Å². The van der Waals surface area contributed by atoms with Gasteiger partial charge >= 0.3 is 5.97 Å². The third-order valence-electron chi connectivity index (χ3n) is 2.74. The molecule has 0 fully saturated rings. The molecule has 2 N–H and O–H groups in total. The summed E-state index contributed by atoms with van der Waals surface area (Å²) in [6.45, 7) is 1.62. The van der Waals surface area contributed by atoms with Crippen LogP contribution in [0.1, 0.15) is 15.9 Å². The van der Waals surface area contributed by atoms with Gasteiger partial charge in [-0.1, -0.05) is 17.7 Å². The van der Waals surface area contributed by atoms with Crippen molar-refractivity contribution in [2.45, 2.75) is 11.8 Å². The second-order valence-electron chi connectivity index (χ2n) is 4.24. The lowest BCUT2D eigenvalue weighted by Gasteiger charge is -2.12. The minimum atomic E-state index is -3.96. The molecule has 0 aliphatic rings. The van der Waals surface area contributed by atoms with E-state index in [1.165, 1.54) is 18.3 Å². The van der Waals surface area contributed by atoms with E-state index >= 15 is 0 Å². The summed E-state index contributed by atoms with van der Waals surface area (Å²) >= 11 is 5.81. The van der Waals surface area contributed by atoms with Crippen molar-refractivity contribution in [3.63, 3.8) is 0 Å². The lowest BCUT2D eigenvalue weighted by molar-refractivity contribution is 0.0698. The Bertz CT molecular complexity index is 806. The van der Waals surface area contributed by atoms with E-state index in [4.69, 9.17) is 16.7 Å². The van der Waals surface area contributed by atoms with Gasteiger partial charge in [-0.25, -0.2) is 13.2 Å². The van der Waals surface area contributed by atoms with Gasteiger partial charge in [0, 0.05) is 11.2 Å². The Balaban J connectivity index is 2.48. The van der Waals surface area contributed by atoms with Crippen molar-refractivity contribution < 1.29 is 18.3 Å². The number of aromatic carboxylic acids is 1. The minimum Gasteiger partial charge on any atom is -0.478 e. The molecule has 8 heteroatoms. The van der Waals surface area contributed by atoms with E-state index in [2.05, 4.69) is 9.71 Å². The Morgan fingerprint density at radius 2 is 2.05 bits per heavy atom. The normalized spacial score (nSPS) is 11.1. The van der Waals surface area contributed by atoms with Gasteiger partial charge in [0.05, 0.1) is 22.3 Å². The fraction of sp³-hybridized carbons (Fsp3) is 0.0769. The first-order valence-corrected chi connectivity index (χ1v) is 7.63. The SMILES string of the molecule is Cc1ccc(Cl)cc1S(=O)(=O)Nc1cnccc1C(=O)O. The first-order chi connectivity index (χ1) is 9.81. The lowest BCUT2D eigenvalue weighted by atomic mass is 10.2. The molecule has 0 bridgehead atoms. The second-order valence-corrected chi connectivity index (χ2v) is 6.33. The van der Waals surface area contributed by atoms with Gasteiger partial charge in [-0.05, 0) is 30.7 Å². The Labute approximate surface area is 126 Å². The number of carbonyl (C=O) groups is 1. The zero-order valence-corrected chi connectivity index (χ0v) is 12.4. The number of hydrogen-bond acceptors (Lipinski definition) is 4. The summed E-state index contributed by atoms with van der Waals surface area (Å²) in [5.74, 6) is -1.25. The number of hydrogen-bond donors (Lipinski definition) is 2. The van der Waals surface area contributed by atoms with Crippen molar-refractivity contribution >= 4 is 33.3 Å². The first kappa shape index (κ1) is 15.3. The number of anilines is 1. The third kappa shape index (κ3) is 3.32. The van der Waals surface area contributed by atoms with Gasteiger partial charge in [0.2, 0.25) is 0 Å². The smallest absolute Gasteiger partial charge is 0.337 e. The second kappa shape index (κ2) is 5.71. The van der Waals surface area contributed by atoms with Crippen LogP contribution in [0.4, 0.5) is 5.69 Å². The number of nitrogens with one attached hydrogen (secondary N) is 1. The highest BCUT2D eigenvalue weighted by Gasteiger charge is 2.20. The molecule has 2 aromatic rings. The van der Waals surface area contributed by atoms with Gasteiger partial charge in [-0.2, -0.15) is 0 Å². The maximum Gasteiger partial charge on any atom is 0.337 e. The molecule has 0 aliphatic heterocycles. The van der Waals surface area contributed by atoms with Gasteiger partial charge in [0.25, 0.3) is 10.0 Å². The molecule has 21 heavy (non-hydrogen) atoms. The van der Waals surface area contributed by atoms with Crippen LogP contribution in [-0.2, 0) is 10.0 Å². The predicted molar refractivity (Wildman–Crippen MR) is 78.2 cm³/mol. The molecule has 1 heterocycles. The van der Waals surface area contributed by atoms with Crippen LogP contribution >= 0.6 is 11.6 Å². The van der Waals surface area contributed by atoms with Crippen LogP contribution in [-0.4, -0.2) is 24.5 Å². The zero-order valence-electron chi connectivity index (χ0n) is 10.9. The largest absolute Gasteiger partial charge is 0.478 e. The van der Waals surface area contributed by atoms with E-state index in [0.717, 1.165) is 6.20 Å². The fourth-order valence-corrected chi connectivity index (χ4v) is 3.30. The quantitative estimate of drug-likeness (QED) is 0.900. The maximum atomic E-state index is 12.4. The standard InChI is InChI=1S/C13H11ClN2O4S/c1-8-2-3-9(14)6-12(8)21(19,20)16-11-7-15-5-4-10(11)13(17)18/h2-7,16H,1H3,(H,17,18). The van der Waals surface area contributed by atoms with Crippen LogP contribution in [0.5, 0.6) is 0 Å². The summed E-state index contributed by atoms with van der Waals surface area (Å²) in [6, 6.07) is 5.65. The van der Waals surface area contributed by atoms with Crippen molar-refractivity contribution in [1.29, 1.82) is 0 Å². The first-order valence-electron chi connectivity index (χ1n) is 5.77. The molecule has 0 aliphatic carbocycles. The number of pyridine rings is 1. The Morgan fingerprint density at radius 3 is 2.71 bits per heavy atom. The van der Waals surface area contributed by atoms with Crippen molar-refractivity contribution in [2.24, 2.45) is 0 Å².